The zero-order valence-corrected chi connectivity index (χ0v) is 12.9. The molecule has 0 radical (unpaired) electrons. The monoisotopic (exact) mass is 290 g/mol. The average molecular weight is 290 g/mol. The Morgan fingerprint density at radius 2 is 2.20 bits per heavy atom. The molecule has 108 valence electrons. The Labute approximate surface area is 124 Å². The Morgan fingerprint density at radius 3 is 2.90 bits per heavy atom. The van der Waals surface area contributed by atoms with Crippen LogP contribution in [0.4, 0.5) is 5.13 Å². The number of fused-ring (bicyclic) bond motifs is 3. The second-order valence-corrected chi connectivity index (χ2v) is 7.84. The minimum Gasteiger partial charge on any atom is -0.351 e. The molecule has 0 saturated heterocycles. The second-order valence-electron chi connectivity index (χ2n) is 6.86. The number of rotatable bonds is 3. The van der Waals surface area contributed by atoms with Gasteiger partial charge in [-0.3, -0.25) is 4.79 Å². The van der Waals surface area contributed by atoms with Gasteiger partial charge in [0.2, 0.25) is 0 Å². The average Bonchev–Trinajstić information content (AvgIpc) is 3.12. The summed E-state index contributed by atoms with van der Waals surface area (Å²) in [6, 6.07) is 0. The van der Waals surface area contributed by atoms with E-state index in [2.05, 4.69) is 11.9 Å². The molecule has 0 aromatic carbocycles. The van der Waals surface area contributed by atoms with Gasteiger partial charge >= 0.3 is 0 Å². The first-order valence-electron chi connectivity index (χ1n) is 7.94. The van der Waals surface area contributed by atoms with Gasteiger partial charge in [0, 0.05) is 20.0 Å². The molecule has 0 aliphatic heterocycles. The molecule has 2 saturated carbocycles. The molecule has 1 aromatic heterocycles. The predicted molar refractivity (Wildman–Crippen MR) is 81.6 cm³/mol. The molecule has 4 heteroatoms. The molecular formula is C16H22N2OS. The van der Waals surface area contributed by atoms with Crippen molar-refractivity contribution in [1.29, 1.82) is 0 Å². The summed E-state index contributed by atoms with van der Waals surface area (Å²) in [7, 11) is 2.15. The molecular weight excluding hydrogens is 268 g/mol. The zero-order chi connectivity index (χ0) is 13.7. The summed E-state index contributed by atoms with van der Waals surface area (Å²) in [4.78, 5) is 19.9. The van der Waals surface area contributed by atoms with E-state index >= 15 is 0 Å². The predicted octanol–water partition coefficient (Wildman–Crippen LogP) is 3.53. The molecule has 4 rings (SSSR count). The van der Waals surface area contributed by atoms with Crippen molar-refractivity contribution in [2.45, 2.75) is 44.9 Å². The molecule has 0 N–H and O–H groups in total. The van der Waals surface area contributed by atoms with E-state index < -0.39 is 0 Å². The summed E-state index contributed by atoms with van der Waals surface area (Å²) in [6.07, 6.45) is 8.46. The van der Waals surface area contributed by atoms with Crippen LogP contribution in [0.1, 0.15) is 53.9 Å². The van der Waals surface area contributed by atoms with Gasteiger partial charge in [0.1, 0.15) is 0 Å². The summed E-state index contributed by atoms with van der Waals surface area (Å²) < 4.78 is 0. The van der Waals surface area contributed by atoms with E-state index in [1.54, 1.807) is 11.3 Å². The van der Waals surface area contributed by atoms with E-state index in [1.807, 2.05) is 0 Å². The topological polar surface area (TPSA) is 33.2 Å². The minimum atomic E-state index is 0.309. The van der Waals surface area contributed by atoms with Crippen LogP contribution in [-0.2, 0) is 6.42 Å². The van der Waals surface area contributed by atoms with Crippen LogP contribution in [0.3, 0.4) is 0 Å². The molecule has 3 atom stereocenters. The lowest BCUT2D eigenvalue weighted by Crippen LogP contribution is -2.28. The summed E-state index contributed by atoms with van der Waals surface area (Å²) in [5.74, 6) is 3.13. The van der Waals surface area contributed by atoms with Crippen molar-refractivity contribution in [2.75, 3.05) is 18.5 Å². The van der Waals surface area contributed by atoms with Gasteiger partial charge in [-0.15, -0.1) is 0 Å². The fraction of sp³-hybridized carbons (Fsp3) is 0.750. The number of thiazole rings is 1. The normalized spacial score (nSPS) is 31.6. The van der Waals surface area contributed by atoms with E-state index in [9.17, 15) is 4.79 Å². The summed E-state index contributed by atoms with van der Waals surface area (Å²) >= 11 is 1.62. The maximum Gasteiger partial charge on any atom is 0.185 e. The van der Waals surface area contributed by atoms with E-state index in [-0.39, 0.29) is 0 Å². The quantitative estimate of drug-likeness (QED) is 0.853. The largest absolute Gasteiger partial charge is 0.351 e. The third-order valence-corrected chi connectivity index (χ3v) is 6.73. The van der Waals surface area contributed by atoms with E-state index in [0.717, 1.165) is 52.8 Å². The van der Waals surface area contributed by atoms with Crippen molar-refractivity contribution in [2.24, 2.45) is 17.8 Å². The highest BCUT2D eigenvalue weighted by molar-refractivity contribution is 7.17. The lowest BCUT2D eigenvalue weighted by Gasteiger charge is -2.26. The van der Waals surface area contributed by atoms with Crippen molar-refractivity contribution in [3.63, 3.8) is 0 Å². The fourth-order valence-corrected chi connectivity index (χ4v) is 5.50. The van der Waals surface area contributed by atoms with Gasteiger partial charge in [0.15, 0.2) is 10.9 Å². The van der Waals surface area contributed by atoms with Crippen molar-refractivity contribution < 1.29 is 4.79 Å². The van der Waals surface area contributed by atoms with Crippen molar-refractivity contribution in [3.05, 3.63) is 10.6 Å². The smallest absolute Gasteiger partial charge is 0.185 e. The number of anilines is 1. The zero-order valence-electron chi connectivity index (χ0n) is 12.1. The van der Waals surface area contributed by atoms with Crippen LogP contribution in [0.2, 0.25) is 0 Å². The lowest BCUT2D eigenvalue weighted by atomic mass is 9.88. The molecule has 1 aromatic rings. The Bertz CT molecular complexity index is 539. The molecule has 3 nitrogen and oxygen atoms in total. The third-order valence-electron chi connectivity index (χ3n) is 5.48. The molecule has 0 spiro atoms. The van der Waals surface area contributed by atoms with Crippen LogP contribution in [0.25, 0.3) is 0 Å². The summed E-state index contributed by atoms with van der Waals surface area (Å²) in [5.41, 5.74) is 1.06. The number of Topliss-reactive ketones (excluding diaryl/α,β-unsaturated/α-hetero) is 1. The molecule has 3 unspecified atom stereocenters. The number of hydrogen-bond donors (Lipinski definition) is 0. The van der Waals surface area contributed by atoms with E-state index in [1.165, 1.54) is 25.7 Å². The molecule has 3 aliphatic rings. The molecule has 2 bridgehead atoms. The highest BCUT2D eigenvalue weighted by atomic mass is 32.1. The van der Waals surface area contributed by atoms with E-state index in [4.69, 9.17) is 4.98 Å². The van der Waals surface area contributed by atoms with Crippen LogP contribution in [0, 0.1) is 17.8 Å². The van der Waals surface area contributed by atoms with Crippen molar-refractivity contribution in [3.8, 4) is 0 Å². The maximum absolute atomic E-state index is 11.9. The number of carbonyl (C=O) groups is 1. The van der Waals surface area contributed by atoms with Gasteiger partial charge in [-0.05, 0) is 49.9 Å². The molecule has 0 amide bonds. The highest BCUT2D eigenvalue weighted by Crippen LogP contribution is 2.48. The maximum atomic E-state index is 11.9. The first-order valence-corrected chi connectivity index (χ1v) is 8.76. The first kappa shape index (κ1) is 12.8. The van der Waals surface area contributed by atoms with Gasteiger partial charge in [-0.1, -0.05) is 17.8 Å². The number of nitrogens with zero attached hydrogens (tertiary/aromatic N) is 2. The Balaban J connectivity index is 1.48. The van der Waals surface area contributed by atoms with Crippen LogP contribution >= 0.6 is 11.3 Å². The summed E-state index contributed by atoms with van der Waals surface area (Å²) in [6.45, 7) is 1.13. The fourth-order valence-electron chi connectivity index (χ4n) is 4.45. The number of aryl methyl sites for hydroxylation is 1. The number of hydrogen-bond acceptors (Lipinski definition) is 4. The van der Waals surface area contributed by atoms with Crippen LogP contribution in [-0.4, -0.2) is 24.4 Å². The van der Waals surface area contributed by atoms with Crippen molar-refractivity contribution in [1.82, 2.24) is 4.98 Å². The molecule has 1 heterocycles. The second kappa shape index (κ2) is 4.83. The number of aromatic nitrogens is 1. The third kappa shape index (κ3) is 2.09. The van der Waals surface area contributed by atoms with Gasteiger partial charge < -0.3 is 4.90 Å². The van der Waals surface area contributed by atoms with Gasteiger partial charge in [-0.25, -0.2) is 4.98 Å². The Morgan fingerprint density at radius 1 is 1.30 bits per heavy atom. The van der Waals surface area contributed by atoms with Gasteiger partial charge in [0.05, 0.1) is 10.6 Å². The van der Waals surface area contributed by atoms with Crippen LogP contribution < -0.4 is 4.90 Å². The van der Waals surface area contributed by atoms with Crippen molar-refractivity contribution >= 4 is 22.3 Å². The molecule has 3 aliphatic carbocycles. The summed E-state index contributed by atoms with van der Waals surface area (Å²) in [5, 5.41) is 1.06. The Kier molecular flexibility index (Phi) is 3.09. The van der Waals surface area contributed by atoms with E-state index in [0.29, 0.717) is 12.2 Å². The SMILES string of the molecule is CN(CC1CC2CCC1C2)c1nc2c(s1)C(=O)CCC2. The molecule has 20 heavy (non-hydrogen) atoms. The van der Waals surface area contributed by atoms with Gasteiger partial charge in [0.25, 0.3) is 0 Å². The van der Waals surface area contributed by atoms with Crippen LogP contribution in [0.15, 0.2) is 0 Å². The molecule has 2 fully saturated rings. The number of carbonyl (C=O) groups excluding carboxylic acids is 1. The van der Waals surface area contributed by atoms with Crippen LogP contribution in [0.5, 0.6) is 0 Å². The Hall–Kier alpha value is -0.900. The number of ketones is 1. The highest BCUT2D eigenvalue weighted by Gasteiger charge is 2.40. The first-order chi connectivity index (χ1) is 9.70. The minimum absolute atomic E-state index is 0.309. The lowest BCUT2D eigenvalue weighted by molar-refractivity contribution is 0.0976. The standard InChI is InChI=1S/C16H22N2OS/c1-18(9-12-8-10-5-6-11(12)7-10)16-17-13-3-2-4-14(19)15(13)20-16/h10-12H,2-9H2,1H3. The van der Waals surface area contributed by atoms with Gasteiger partial charge in [-0.2, -0.15) is 0 Å².